The molecular formula is C19H22BrN5. The lowest BCUT2D eigenvalue weighted by Gasteiger charge is -2.35. The van der Waals surface area contributed by atoms with Crippen LogP contribution in [0.5, 0.6) is 0 Å². The van der Waals surface area contributed by atoms with Crippen molar-refractivity contribution in [2.45, 2.75) is 25.8 Å². The van der Waals surface area contributed by atoms with Crippen LogP contribution in [0.25, 0.3) is 10.9 Å². The highest BCUT2D eigenvalue weighted by atomic mass is 79.9. The molecule has 0 aliphatic carbocycles. The molecule has 0 spiro atoms. The van der Waals surface area contributed by atoms with Crippen LogP contribution in [-0.4, -0.2) is 33.9 Å². The van der Waals surface area contributed by atoms with Crippen LogP contribution < -0.4 is 10.2 Å². The number of nitrogens with zero attached hydrogens (tertiary/aromatic N) is 4. The fraction of sp³-hybridized carbons (Fsp3) is 0.368. The Morgan fingerprint density at radius 1 is 1.24 bits per heavy atom. The number of piperidine rings is 1. The van der Waals surface area contributed by atoms with Crippen LogP contribution in [0.2, 0.25) is 0 Å². The maximum absolute atomic E-state index is 4.65. The molecule has 1 aliphatic rings. The molecule has 0 amide bonds. The van der Waals surface area contributed by atoms with E-state index in [1.165, 1.54) is 24.3 Å². The number of benzene rings is 1. The third kappa shape index (κ3) is 3.35. The highest BCUT2D eigenvalue weighted by Crippen LogP contribution is 2.29. The molecule has 25 heavy (non-hydrogen) atoms. The minimum absolute atomic E-state index is 0.410. The second-order valence-corrected chi connectivity index (χ2v) is 7.63. The molecule has 0 saturated carbocycles. The molecule has 1 atom stereocenters. The van der Waals surface area contributed by atoms with E-state index in [1.807, 2.05) is 24.0 Å². The lowest BCUT2D eigenvalue weighted by molar-refractivity contribution is 0.519. The van der Waals surface area contributed by atoms with E-state index in [4.69, 9.17) is 0 Å². The summed E-state index contributed by atoms with van der Waals surface area (Å²) in [5.74, 6) is 1.19. The summed E-state index contributed by atoms with van der Waals surface area (Å²) in [4.78, 5) is 7.07. The Morgan fingerprint density at radius 2 is 2.12 bits per heavy atom. The highest BCUT2D eigenvalue weighted by Gasteiger charge is 2.22. The number of anilines is 2. The first-order valence-electron chi connectivity index (χ1n) is 8.66. The van der Waals surface area contributed by atoms with Gasteiger partial charge in [0.05, 0.1) is 11.7 Å². The molecule has 1 aliphatic heterocycles. The number of hydrogen-bond acceptors (Lipinski definition) is 4. The van der Waals surface area contributed by atoms with Gasteiger partial charge in [-0.2, -0.15) is 5.10 Å². The van der Waals surface area contributed by atoms with Crippen molar-refractivity contribution >= 4 is 38.3 Å². The van der Waals surface area contributed by atoms with E-state index in [-0.39, 0.29) is 0 Å². The number of halogens is 1. The minimum atomic E-state index is 0.410. The van der Waals surface area contributed by atoms with Gasteiger partial charge in [0.15, 0.2) is 0 Å². The zero-order chi connectivity index (χ0) is 17.4. The molecule has 6 heteroatoms. The molecule has 130 valence electrons. The molecule has 1 aromatic carbocycles. The summed E-state index contributed by atoms with van der Waals surface area (Å²) >= 11 is 3.58. The zero-order valence-electron chi connectivity index (χ0n) is 14.5. The maximum Gasteiger partial charge on any atom is 0.126 e. The van der Waals surface area contributed by atoms with Gasteiger partial charge in [0.1, 0.15) is 5.82 Å². The second-order valence-electron chi connectivity index (χ2n) is 6.72. The fourth-order valence-corrected chi connectivity index (χ4v) is 4.01. The van der Waals surface area contributed by atoms with Gasteiger partial charge in [-0.15, -0.1) is 0 Å². The molecule has 3 heterocycles. The lowest BCUT2D eigenvalue weighted by atomic mass is 10.0. The minimum Gasteiger partial charge on any atom is -0.380 e. The molecule has 0 bridgehead atoms. The molecule has 2 aromatic heterocycles. The smallest absolute Gasteiger partial charge is 0.126 e. The monoisotopic (exact) mass is 399 g/mol. The van der Waals surface area contributed by atoms with Crippen LogP contribution in [0, 0.1) is 6.92 Å². The van der Waals surface area contributed by atoms with Gasteiger partial charge < -0.3 is 10.2 Å². The van der Waals surface area contributed by atoms with Gasteiger partial charge in [-0.25, -0.2) is 0 Å². The number of nitrogens with one attached hydrogen (secondary N) is 1. The largest absolute Gasteiger partial charge is 0.380 e. The van der Waals surface area contributed by atoms with E-state index in [1.54, 1.807) is 0 Å². The molecule has 4 rings (SSSR count). The summed E-state index contributed by atoms with van der Waals surface area (Å²) < 4.78 is 3.03. The van der Waals surface area contributed by atoms with Gasteiger partial charge in [-0.1, -0.05) is 15.9 Å². The standard InChI is InChI=1S/C19H22BrN5/c1-13-10-18(16-11-14(20)5-6-17(16)22-13)23-15-4-3-9-25(12-15)19-7-8-21-24(19)2/h5-8,10-11,15H,3-4,9,12H2,1-2H3,(H,22,23). The number of aryl methyl sites for hydroxylation is 2. The SMILES string of the molecule is Cc1cc(NC2CCCN(c3ccnn3C)C2)c2cc(Br)ccc2n1. The molecule has 1 N–H and O–H groups in total. The first-order chi connectivity index (χ1) is 12.1. The van der Waals surface area contributed by atoms with E-state index in [2.05, 4.69) is 67.4 Å². The number of fused-ring (bicyclic) bond motifs is 1. The Labute approximate surface area is 156 Å². The van der Waals surface area contributed by atoms with E-state index in [9.17, 15) is 0 Å². The molecule has 0 radical (unpaired) electrons. The van der Waals surface area contributed by atoms with Crippen LogP contribution >= 0.6 is 15.9 Å². The molecule has 1 fully saturated rings. The summed E-state index contributed by atoms with van der Waals surface area (Å²) in [6.07, 6.45) is 4.21. The zero-order valence-corrected chi connectivity index (χ0v) is 16.1. The Balaban J connectivity index is 1.60. The summed E-state index contributed by atoms with van der Waals surface area (Å²) in [5, 5.41) is 9.24. The average Bonchev–Trinajstić information content (AvgIpc) is 3.02. The van der Waals surface area contributed by atoms with E-state index >= 15 is 0 Å². The lowest BCUT2D eigenvalue weighted by Crippen LogP contribution is -2.43. The van der Waals surface area contributed by atoms with Gasteiger partial charge in [0.2, 0.25) is 0 Å². The van der Waals surface area contributed by atoms with Crippen molar-refractivity contribution in [3.63, 3.8) is 0 Å². The first-order valence-corrected chi connectivity index (χ1v) is 9.46. The summed E-state index contributed by atoms with van der Waals surface area (Å²) in [6.45, 7) is 4.12. The predicted octanol–water partition coefficient (Wildman–Crippen LogP) is 4.12. The van der Waals surface area contributed by atoms with Crippen LogP contribution in [0.15, 0.2) is 41.0 Å². The van der Waals surface area contributed by atoms with Gasteiger partial charge in [-0.3, -0.25) is 9.67 Å². The van der Waals surface area contributed by atoms with Gasteiger partial charge in [-0.05, 0) is 44.0 Å². The quantitative estimate of drug-likeness (QED) is 0.719. The van der Waals surface area contributed by atoms with Gasteiger partial charge in [0, 0.05) is 53.5 Å². The van der Waals surface area contributed by atoms with Crippen LogP contribution in [0.1, 0.15) is 18.5 Å². The molecule has 1 unspecified atom stereocenters. The molecule has 1 saturated heterocycles. The highest BCUT2D eigenvalue weighted by molar-refractivity contribution is 9.10. The normalized spacial score (nSPS) is 17.9. The number of rotatable bonds is 3. The number of aromatic nitrogens is 3. The Kier molecular flexibility index (Phi) is 4.37. The second kappa shape index (κ2) is 6.67. The van der Waals surface area contributed by atoms with Crippen LogP contribution in [0.4, 0.5) is 11.5 Å². The van der Waals surface area contributed by atoms with Crippen molar-refractivity contribution in [1.29, 1.82) is 0 Å². The average molecular weight is 400 g/mol. The maximum atomic E-state index is 4.65. The number of hydrogen-bond donors (Lipinski definition) is 1. The van der Waals surface area contributed by atoms with Crippen molar-refractivity contribution in [3.8, 4) is 0 Å². The fourth-order valence-electron chi connectivity index (χ4n) is 3.65. The van der Waals surface area contributed by atoms with Crippen molar-refractivity contribution in [2.75, 3.05) is 23.3 Å². The third-order valence-corrected chi connectivity index (χ3v) is 5.29. The van der Waals surface area contributed by atoms with Crippen molar-refractivity contribution < 1.29 is 0 Å². The molecular weight excluding hydrogens is 378 g/mol. The van der Waals surface area contributed by atoms with Crippen LogP contribution in [-0.2, 0) is 7.05 Å². The van der Waals surface area contributed by atoms with E-state index in [0.29, 0.717) is 6.04 Å². The summed E-state index contributed by atoms with van der Waals surface area (Å²) in [6, 6.07) is 10.9. The predicted molar refractivity (Wildman–Crippen MR) is 106 cm³/mol. The van der Waals surface area contributed by atoms with Crippen molar-refractivity contribution in [1.82, 2.24) is 14.8 Å². The molecule has 3 aromatic rings. The summed E-state index contributed by atoms with van der Waals surface area (Å²) in [5.41, 5.74) is 3.24. The van der Waals surface area contributed by atoms with Crippen molar-refractivity contribution in [2.24, 2.45) is 7.05 Å². The Bertz CT molecular complexity index is 904. The van der Waals surface area contributed by atoms with Gasteiger partial charge in [0.25, 0.3) is 0 Å². The summed E-state index contributed by atoms with van der Waals surface area (Å²) in [7, 11) is 2.00. The van der Waals surface area contributed by atoms with Gasteiger partial charge >= 0.3 is 0 Å². The topological polar surface area (TPSA) is 46.0 Å². The number of pyridine rings is 1. The van der Waals surface area contributed by atoms with Crippen molar-refractivity contribution in [3.05, 3.63) is 46.7 Å². The first kappa shape index (κ1) is 16.4. The van der Waals surface area contributed by atoms with Crippen LogP contribution in [0.3, 0.4) is 0 Å². The Hall–Kier alpha value is -2.08. The van der Waals surface area contributed by atoms with E-state index in [0.717, 1.165) is 34.2 Å². The van der Waals surface area contributed by atoms with E-state index < -0.39 is 0 Å². The molecule has 5 nitrogen and oxygen atoms in total. The Morgan fingerprint density at radius 3 is 2.92 bits per heavy atom. The third-order valence-electron chi connectivity index (χ3n) is 4.80.